The molecule has 2 rings (SSSR count). The molecule has 0 aliphatic heterocycles. The Morgan fingerprint density at radius 2 is 1.95 bits per heavy atom. The predicted octanol–water partition coefficient (Wildman–Crippen LogP) is 2.01. The molecule has 0 radical (unpaired) electrons. The van der Waals surface area contributed by atoms with Gasteiger partial charge in [0.1, 0.15) is 11.5 Å². The molecule has 1 atom stereocenters. The highest BCUT2D eigenvalue weighted by Gasteiger charge is 2.35. The van der Waals surface area contributed by atoms with Gasteiger partial charge in [0.15, 0.2) is 0 Å². The van der Waals surface area contributed by atoms with Gasteiger partial charge in [-0.1, -0.05) is 0 Å². The van der Waals surface area contributed by atoms with E-state index in [-0.39, 0.29) is 0 Å². The number of nitrogens with one attached hydrogen (secondary N) is 1. The molecule has 106 valence electrons. The molecule has 1 fully saturated rings. The van der Waals surface area contributed by atoms with Gasteiger partial charge < -0.3 is 20.5 Å². The van der Waals surface area contributed by atoms with Crippen molar-refractivity contribution >= 4 is 0 Å². The van der Waals surface area contributed by atoms with Crippen LogP contribution in [-0.2, 0) is 0 Å². The summed E-state index contributed by atoms with van der Waals surface area (Å²) in [7, 11) is 5.38. The van der Waals surface area contributed by atoms with Crippen molar-refractivity contribution in [1.29, 1.82) is 0 Å². The first-order valence-corrected chi connectivity index (χ1v) is 6.76. The van der Waals surface area contributed by atoms with Gasteiger partial charge in [0.2, 0.25) is 0 Å². The summed E-state index contributed by atoms with van der Waals surface area (Å²) in [5.74, 6) is 2.30. The topological polar surface area (TPSA) is 56.5 Å². The van der Waals surface area contributed by atoms with E-state index in [4.69, 9.17) is 15.2 Å². The fourth-order valence-corrected chi connectivity index (χ4v) is 3.02. The lowest BCUT2D eigenvalue weighted by Crippen LogP contribution is -2.42. The second-order valence-corrected chi connectivity index (χ2v) is 5.32. The van der Waals surface area contributed by atoms with E-state index in [0.29, 0.717) is 18.0 Å². The van der Waals surface area contributed by atoms with Gasteiger partial charge in [-0.3, -0.25) is 0 Å². The summed E-state index contributed by atoms with van der Waals surface area (Å²) >= 11 is 0. The summed E-state index contributed by atoms with van der Waals surface area (Å²) in [6.45, 7) is 2.10. The Balaban J connectivity index is 2.36. The van der Waals surface area contributed by atoms with E-state index in [0.717, 1.165) is 24.3 Å². The molecule has 4 heteroatoms. The molecule has 0 amide bonds. The van der Waals surface area contributed by atoms with Crippen LogP contribution in [0.15, 0.2) is 12.1 Å². The van der Waals surface area contributed by atoms with Crippen LogP contribution in [0, 0.1) is 12.8 Å². The van der Waals surface area contributed by atoms with Crippen molar-refractivity contribution in [2.75, 3.05) is 21.3 Å². The Morgan fingerprint density at radius 1 is 1.26 bits per heavy atom. The molecule has 0 aromatic heterocycles. The third-order valence-corrected chi connectivity index (χ3v) is 4.08. The second kappa shape index (κ2) is 5.80. The molecule has 19 heavy (non-hydrogen) atoms. The van der Waals surface area contributed by atoms with Gasteiger partial charge in [0, 0.05) is 23.7 Å². The first kappa shape index (κ1) is 14.2. The molecule has 1 saturated carbocycles. The minimum Gasteiger partial charge on any atom is -0.497 e. The highest BCUT2D eigenvalue weighted by molar-refractivity contribution is 5.48. The zero-order valence-corrected chi connectivity index (χ0v) is 12.2. The predicted molar refractivity (Wildman–Crippen MR) is 76.8 cm³/mol. The molecule has 1 unspecified atom stereocenters. The number of rotatable bonds is 5. The van der Waals surface area contributed by atoms with E-state index in [1.54, 1.807) is 14.2 Å². The van der Waals surface area contributed by atoms with Crippen molar-refractivity contribution in [2.45, 2.75) is 31.8 Å². The number of aryl methyl sites for hydroxylation is 1. The summed E-state index contributed by atoms with van der Waals surface area (Å²) in [5, 5.41) is 3.42. The van der Waals surface area contributed by atoms with Crippen LogP contribution < -0.4 is 20.5 Å². The van der Waals surface area contributed by atoms with Gasteiger partial charge in [-0.2, -0.15) is 0 Å². The average molecular weight is 264 g/mol. The quantitative estimate of drug-likeness (QED) is 0.854. The minimum absolute atomic E-state index is 0.292. The second-order valence-electron chi connectivity index (χ2n) is 5.32. The Kier molecular flexibility index (Phi) is 4.32. The summed E-state index contributed by atoms with van der Waals surface area (Å²) < 4.78 is 10.8. The maximum absolute atomic E-state index is 5.91. The smallest absolute Gasteiger partial charge is 0.127 e. The lowest BCUT2D eigenvalue weighted by Gasteiger charge is -2.39. The number of nitrogens with two attached hydrogens (primary N) is 1. The van der Waals surface area contributed by atoms with Crippen LogP contribution >= 0.6 is 0 Å². The zero-order chi connectivity index (χ0) is 14.0. The maximum atomic E-state index is 5.91. The van der Waals surface area contributed by atoms with Crippen LogP contribution in [-0.4, -0.2) is 27.3 Å². The maximum Gasteiger partial charge on any atom is 0.127 e. The van der Waals surface area contributed by atoms with Crippen molar-refractivity contribution in [3.8, 4) is 11.5 Å². The van der Waals surface area contributed by atoms with Gasteiger partial charge in [0.25, 0.3) is 0 Å². The third kappa shape index (κ3) is 2.69. The average Bonchev–Trinajstić information content (AvgIpc) is 2.38. The van der Waals surface area contributed by atoms with Crippen LogP contribution in [0.25, 0.3) is 0 Å². The van der Waals surface area contributed by atoms with Crippen LogP contribution in [0.2, 0.25) is 0 Å². The molecule has 1 aliphatic carbocycles. The molecule has 0 saturated heterocycles. The van der Waals surface area contributed by atoms with Crippen molar-refractivity contribution in [1.82, 2.24) is 5.32 Å². The molecular formula is C15H24N2O2. The largest absolute Gasteiger partial charge is 0.497 e. The Hall–Kier alpha value is -1.26. The van der Waals surface area contributed by atoms with Crippen LogP contribution in [0.3, 0.4) is 0 Å². The van der Waals surface area contributed by atoms with E-state index in [1.165, 1.54) is 11.1 Å². The first-order chi connectivity index (χ1) is 9.10. The third-order valence-electron chi connectivity index (χ3n) is 4.08. The van der Waals surface area contributed by atoms with Crippen molar-refractivity contribution in [3.63, 3.8) is 0 Å². The molecule has 0 bridgehead atoms. The fourth-order valence-electron chi connectivity index (χ4n) is 3.02. The monoisotopic (exact) mass is 264 g/mol. The fraction of sp³-hybridized carbons (Fsp3) is 0.600. The van der Waals surface area contributed by atoms with Gasteiger partial charge in [-0.25, -0.2) is 0 Å². The molecule has 1 aliphatic rings. The summed E-state index contributed by atoms with van der Waals surface area (Å²) in [4.78, 5) is 0. The van der Waals surface area contributed by atoms with Crippen LogP contribution in [0.4, 0.5) is 0 Å². The van der Waals surface area contributed by atoms with E-state index >= 15 is 0 Å². The molecule has 1 aromatic rings. The van der Waals surface area contributed by atoms with E-state index in [2.05, 4.69) is 18.3 Å². The number of hydrogen-bond donors (Lipinski definition) is 2. The Morgan fingerprint density at radius 3 is 2.42 bits per heavy atom. The van der Waals surface area contributed by atoms with Crippen molar-refractivity contribution in [2.24, 2.45) is 11.7 Å². The number of benzene rings is 1. The minimum atomic E-state index is 0.292. The summed E-state index contributed by atoms with van der Waals surface area (Å²) in [6, 6.07) is 4.65. The van der Waals surface area contributed by atoms with Crippen molar-refractivity contribution in [3.05, 3.63) is 23.3 Å². The van der Waals surface area contributed by atoms with E-state index in [1.807, 2.05) is 13.1 Å². The van der Waals surface area contributed by atoms with Crippen LogP contribution in [0.5, 0.6) is 11.5 Å². The van der Waals surface area contributed by atoms with Gasteiger partial charge in [-0.15, -0.1) is 0 Å². The van der Waals surface area contributed by atoms with E-state index in [9.17, 15) is 0 Å². The number of hydrogen-bond acceptors (Lipinski definition) is 4. The van der Waals surface area contributed by atoms with Gasteiger partial charge in [-0.05, 0) is 44.4 Å². The molecule has 1 aromatic carbocycles. The van der Waals surface area contributed by atoms with E-state index < -0.39 is 0 Å². The first-order valence-electron chi connectivity index (χ1n) is 6.76. The molecule has 4 nitrogen and oxygen atoms in total. The highest BCUT2D eigenvalue weighted by atomic mass is 16.5. The zero-order valence-electron chi connectivity index (χ0n) is 12.2. The molecule has 3 N–H and O–H groups in total. The SMILES string of the molecule is CNC(c1c(C)cc(OC)cc1OC)C1CC(N)C1. The number of methoxy groups -OCH3 is 2. The highest BCUT2D eigenvalue weighted by Crippen LogP contribution is 2.42. The van der Waals surface area contributed by atoms with Crippen LogP contribution in [0.1, 0.15) is 30.0 Å². The normalized spacial score (nSPS) is 23.6. The number of ether oxygens (including phenoxy) is 2. The lowest BCUT2D eigenvalue weighted by atomic mass is 9.73. The van der Waals surface area contributed by atoms with Gasteiger partial charge >= 0.3 is 0 Å². The molecule has 0 heterocycles. The lowest BCUT2D eigenvalue weighted by molar-refractivity contribution is 0.200. The summed E-state index contributed by atoms with van der Waals surface area (Å²) in [5.41, 5.74) is 8.33. The molecule has 0 spiro atoms. The Labute approximate surface area is 115 Å². The standard InChI is InChI=1S/C15H24N2O2/c1-9-5-12(18-3)8-13(19-4)14(9)15(17-2)10-6-11(16)7-10/h5,8,10-11,15,17H,6-7,16H2,1-4H3. The van der Waals surface area contributed by atoms with Gasteiger partial charge in [0.05, 0.1) is 14.2 Å². The van der Waals surface area contributed by atoms with Crippen molar-refractivity contribution < 1.29 is 9.47 Å². The molecular weight excluding hydrogens is 240 g/mol. The summed E-state index contributed by atoms with van der Waals surface area (Å²) in [6.07, 6.45) is 2.14. The Bertz CT molecular complexity index is 442.